The first-order chi connectivity index (χ1) is 11.0. The van der Waals surface area contributed by atoms with Crippen LogP contribution in [0.2, 0.25) is 0 Å². The number of carbonyl (C=O) groups is 2. The summed E-state index contributed by atoms with van der Waals surface area (Å²) in [5.41, 5.74) is 1.35. The second kappa shape index (κ2) is 9.15. The van der Waals surface area contributed by atoms with E-state index in [1.807, 2.05) is 30.3 Å². The van der Waals surface area contributed by atoms with Gasteiger partial charge in [0.25, 0.3) is 0 Å². The van der Waals surface area contributed by atoms with E-state index in [-0.39, 0.29) is 23.4 Å². The number of rotatable bonds is 8. The molecule has 0 bridgehead atoms. The molecule has 0 saturated heterocycles. The Morgan fingerprint density at radius 2 is 1.87 bits per heavy atom. The van der Waals surface area contributed by atoms with Gasteiger partial charge in [-0.2, -0.15) is 0 Å². The van der Waals surface area contributed by atoms with E-state index in [9.17, 15) is 14.7 Å². The molecular weight excluding hydrogens is 288 g/mol. The molecule has 0 spiro atoms. The largest absolute Gasteiger partial charge is 0.478 e. The van der Waals surface area contributed by atoms with E-state index < -0.39 is 5.97 Å². The average molecular weight is 308 g/mol. The van der Waals surface area contributed by atoms with Crippen LogP contribution >= 0.6 is 0 Å². The third-order valence-electron chi connectivity index (χ3n) is 3.05. The molecular formula is C20H20O3. The molecule has 1 aromatic carbocycles. The lowest BCUT2D eigenvalue weighted by atomic mass is 9.96. The van der Waals surface area contributed by atoms with Gasteiger partial charge in [-0.1, -0.05) is 67.8 Å². The lowest BCUT2D eigenvalue weighted by Crippen LogP contribution is -2.11. The molecule has 3 heteroatoms. The van der Waals surface area contributed by atoms with Gasteiger partial charge < -0.3 is 5.11 Å². The minimum Gasteiger partial charge on any atom is -0.478 e. The molecule has 0 saturated carbocycles. The molecule has 0 aliphatic rings. The van der Waals surface area contributed by atoms with E-state index in [2.05, 4.69) is 13.2 Å². The first-order valence-electron chi connectivity index (χ1n) is 7.14. The molecule has 3 nitrogen and oxygen atoms in total. The molecule has 0 amide bonds. The number of carbonyl (C=O) groups excluding carboxylic acids is 1. The number of ketones is 1. The highest BCUT2D eigenvalue weighted by molar-refractivity contribution is 6.14. The van der Waals surface area contributed by atoms with Gasteiger partial charge in [0.05, 0.1) is 5.57 Å². The Bertz CT molecular complexity index is 689. The zero-order valence-corrected chi connectivity index (χ0v) is 13.2. The van der Waals surface area contributed by atoms with Crippen LogP contribution in [0.5, 0.6) is 0 Å². The van der Waals surface area contributed by atoms with E-state index >= 15 is 0 Å². The van der Waals surface area contributed by atoms with Gasteiger partial charge in [0, 0.05) is 5.57 Å². The van der Waals surface area contributed by atoms with E-state index in [4.69, 9.17) is 0 Å². The summed E-state index contributed by atoms with van der Waals surface area (Å²) in [6.07, 6.45) is 8.24. The minimum atomic E-state index is -1.12. The van der Waals surface area contributed by atoms with Gasteiger partial charge in [-0.05, 0) is 30.6 Å². The topological polar surface area (TPSA) is 54.4 Å². The van der Waals surface area contributed by atoms with Gasteiger partial charge in [-0.25, -0.2) is 4.79 Å². The monoisotopic (exact) mass is 308 g/mol. The number of allylic oxidation sites excluding steroid dienone is 6. The molecule has 1 aromatic rings. The Kier molecular flexibility index (Phi) is 7.21. The van der Waals surface area contributed by atoms with Crippen molar-refractivity contribution in [2.24, 2.45) is 0 Å². The first-order valence-corrected chi connectivity index (χ1v) is 7.14. The molecule has 0 aliphatic carbocycles. The molecule has 118 valence electrons. The summed E-state index contributed by atoms with van der Waals surface area (Å²) in [5, 5.41) is 9.44. The van der Waals surface area contributed by atoms with Crippen molar-refractivity contribution in [2.75, 3.05) is 0 Å². The van der Waals surface area contributed by atoms with Crippen molar-refractivity contribution in [2.45, 2.75) is 13.3 Å². The molecule has 1 N–H and O–H groups in total. The fraction of sp³-hybridized carbons (Fsp3) is 0.100. The Morgan fingerprint density at radius 1 is 1.22 bits per heavy atom. The average Bonchev–Trinajstić information content (AvgIpc) is 2.53. The summed E-state index contributed by atoms with van der Waals surface area (Å²) >= 11 is 0. The van der Waals surface area contributed by atoms with E-state index in [1.165, 1.54) is 6.08 Å². The highest BCUT2D eigenvalue weighted by Gasteiger charge is 2.18. The Morgan fingerprint density at radius 3 is 2.39 bits per heavy atom. The smallest absolute Gasteiger partial charge is 0.332 e. The lowest BCUT2D eigenvalue weighted by Gasteiger charge is -2.07. The second-order valence-corrected chi connectivity index (χ2v) is 4.92. The van der Waals surface area contributed by atoms with Crippen LogP contribution in [0, 0.1) is 0 Å². The lowest BCUT2D eigenvalue weighted by molar-refractivity contribution is -0.133. The normalized spacial score (nSPS) is 12.2. The molecule has 0 aliphatic heterocycles. The predicted octanol–water partition coefficient (Wildman–Crippen LogP) is 4.36. The Balaban J connectivity index is 3.33. The maximum atomic E-state index is 12.3. The molecule has 23 heavy (non-hydrogen) atoms. The number of hydrogen-bond acceptors (Lipinski definition) is 2. The summed E-state index contributed by atoms with van der Waals surface area (Å²) in [6, 6.07) is 9.37. The number of carboxylic acid groups (broad SMARTS) is 1. The van der Waals surface area contributed by atoms with Gasteiger partial charge >= 0.3 is 5.97 Å². The van der Waals surface area contributed by atoms with Gasteiger partial charge in [0.15, 0.2) is 5.78 Å². The van der Waals surface area contributed by atoms with Crippen molar-refractivity contribution in [1.82, 2.24) is 0 Å². The molecule has 1 rings (SSSR count). The van der Waals surface area contributed by atoms with E-state index in [0.29, 0.717) is 5.57 Å². The van der Waals surface area contributed by atoms with Crippen molar-refractivity contribution >= 4 is 17.8 Å². The number of aliphatic carboxylic acids is 1. The third kappa shape index (κ3) is 5.75. The molecule has 0 fully saturated rings. The minimum absolute atomic E-state index is 0.0308. The summed E-state index contributed by atoms with van der Waals surface area (Å²) in [5.74, 6) is -1.50. The molecule has 0 aromatic heterocycles. The molecule has 0 heterocycles. The fourth-order valence-electron chi connectivity index (χ4n) is 1.88. The first kappa shape index (κ1) is 18.1. The maximum absolute atomic E-state index is 12.3. The molecule has 0 atom stereocenters. The van der Waals surface area contributed by atoms with Gasteiger partial charge in [0.1, 0.15) is 0 Å². The van der Waals surface area contributed by atoms with Crippen LogP contribution in [-0.4, -0.2) is 16.9 Å². The summed E-state index contributed by atoms with van der Waals surface area (Å²) in [7, 11) is 0. The van der Waals surface area contributed by atoms with E-state index in [1.54, 1.807) is 31.2 Å². The van der Waals surface area contributed by atoms with Crippen molar-refractivity contribution in [3.05, 3.63) is 90.1 Å². The van der Waals surface area contributed by atoms with Crippen LogP contribution < -0.4 is 0 Å². The van der Waals surface area contributed by atoms with Crippen molar-refractivity contribution in [3.63, 3.8) is 0 Å². The van der Waals surface area contributed by atoms with Gasteiger partial charge in [0.2, 0.25) is 0 Å². The highest BCUT2D eigenvalue weighted by Crippen LogP contribution is 2.18. The standard InChI is InChI=1S/C20H20O3/c1-4-5-7-12-18(20(22)23)17(19(21)15(2)3)14-13-16-10-8-6-9-11-16/h4-11,13-14H,1-2,12H2,3H3,(H,22,23). The third-order valence-corrected chi connectivity index (χ3v) is 3.05. The zero-order valence-electron chi connectivity index (χ0n) is 13.2. The van der Waals surface area contributed by atoms with Crippen LogP contribution in [0.1, 0.15) is 18.9 Å². The van der Waals surface area contributed by atoms with Gasteiger partial charge in [-0.3, -0.25) is 4.79 Å². The quantitative estimate of drug-likeness (QED) is 0.573. The highest BCUT2D eigenvalue weighted by atomic mass is 16.4. The number of carboxylic acids is 1. The van der Waals surface area contributed by atoms with Crippen LogP contribution in [0.15, 0.2) is 84.5 Å². The second-order valence-electron chi connectivity index (χ2n) is 4.92. The van der Waals surface area contributed by atoms with Crippen LogP contribution in [0.4, 0.5) is 0 Å². The summed E-state index contributed by atoms with van der Waals surface area (Å²) < 4.78 is 0. The van der Waals surface area contributed by atoms with Crippen LogP contribution in [0.25, 0.3) is 6.08 Å². The SMILES string of the molecule is C=CC=CCC(C(=O)O)=C(C=Cc1ccccc1)C(=O)C(=C)C. The molecule has 0 radical (unpaired) electrons. The number of benzene rings is 1. The predicted molar refractivity (Wildman–Crippen MR) is 93.9 cm³/mol. The fourth-order valence-corrected chi connectivity index (χ4v) is 1.88. The van der Waals surface area contributed by atoms with E-state index in [0.717, 1.165) is 5.56 Å². The van der Waals surface area contributed by atoms with Crippen LogP contribution in [-0.2, 0) is 9.59 Å². The van der Waals surface area contributed by atoms with Gasteiger partial charge in [-0.15, -0.1) is 0 Å². The van der Waals surface area contributed by atoms with Crippen molar-refractivity contribution in [3.8, 4) is 0 Å². The van der Waals surface area contributed by atoms with Crippen molar-refractivity contribution < 1.29 is 14.7 Å². The summed E-state index contributed by atoms with van der Waals surface area (Å²) in [6.45, 7) is 8.73. The Hall–Kier alpha value is -2.94. The molecule has 0 unspecified atom stereocenters. The zero-order chi connectivity index (χ0) is 17.2. The van der Waals surface area contributed by atoms with Crippen LogP contribution in [0.3, 0.4) is 0 Å². The number of hydrogen-bond donors (Lipinski definition) is 1. The Labute approximate surface area is 136 Å². The summed E-state index contributed by atoms with van der Waals surface area (Å²) in [4.78, 5) is 23.9. The number of Topliss-reactive ketones (excluding diaryl/α,β-unsaturated/α-hetero) is 1. The van der Waals surface area contributed by atoms with Crippen molar-refractivity contribution in [1.29, 1.82) is 0 Å². The maximum Gasteiger partial charge on any atom is 0.332 e.